The number of fused-ring (bicyclic) bond motifs is 7. The summed E-state index contributed by atoms with van der Waals surface area (Å²) in [6.45, 7) is 9.52. The van der Waals surface area contributed by atoms with Crippen molar-refractivity contribution >= 4 is 27.8 Å². The fraction of sp³-hybridized carbons (Fsp3) is 0.188. The third-order valence-electron chi connectivity index (χ3n) is 15.5. The second kappa shape index (κ2) is 15.3. The van der Waals surface area contributed by atoms with Crippen LogP contribution >= 0.6 is 0 Å². The van der Waals surface area contributed by atoms with Gasteiger partial charge in [0.05, 0.1) is 0 Å². The molecule has 0 unspecified atom stereocenters. The Morgan fingerprint density at radius 1 is 0.369 bits per heavy atom. The first kappa shape index (κ1) is 39.6. The SMILES string of the molecule is CC1(C)c2ccccc2-c2cc(-c3ccc4c(c3)-c3ccc(N(c5ccc(-c6ccc7ccccc7c6-c6ccccc6)cc5)c5ccc(C6CCCCC6)cc5)cc3C4(C)C)ccc21. The first-order valence-electron chi connectivity index (χ1n) is 23.9. The zero-order valence-electron chi connectivity index (χ0n) is 38.0. The molecule has 1 nitrogen and oxygen atoms in total. The van der Waals surface area contributed by atoms with Crippen LogP contribution in [-0.4, -0.2) is 0 Å². The minimum absolute atomic E-state index is 0.000458. The highest BCUT2D eigenvalue weighted by atomic mass is 15.1. The van der Waals surface area contributed by atoms with Crippen molar-refractivity contribution in [3.8, 4) is 55.6 Å². The van der Waals surface area contributed by atoms with E-state index in [0.29, 0.717) is 5.92 Å². The van der Waals surface area contributed by atoms with Gasteiger partial charge in [0.25, 0.3) is 0 Å². The smallest absolute Gasteiger partial charge is 0.0465 e. The van der Waals surface area contributed by atoms with Crippen LogP contribution in [0.4, 0.5) is 17.1 Å². The summed E-state index contributed by atoms with van der Waals surface area (Å²) in [4.78, 5) is 2.47. The summed E-state index contributed by atoms with van der Waals surface area (Å²) in [7, 11) is 0. The van der Waals surface area contributed by atoms with Crippen LogP contribution in [0.3, 0.4) is 0 Å². The van der Waals surface area contributed by atoms with E-state index in [1.54, 1.807) is 0 Å². The molecule has 0 radical (unpaired) electrons. The summed E-state index contributed by atoms with van der Waals surface area (Å²) in [5, 5.41) is 2.53. The van der Waals surface area contributed by atoms with Crippen molar-refractivity contribution in [1.29, 1.82) is 0 Å². The molecule has 3 aliphatic rings. The van der Waals surface area contributed by atoms with Crippen LogP contribution in [0.15, 0.2) is 194 Å². The number of nitrogens with zero attached hydrogens (tertiary/aromatic N) is 1. The molecule has 316 valence electrons. The Bertz CT molecular complexity index is 3270. The van der Waals surface area contributed by atoms with Gasteiger partial charge < -0.3 is 4.90 Å². The van der Waals surface area contributed by atoms with Crippen molar-refractivity contribution < 1.29 is 0 Å². The minimum Gasteiger partial charge on any atom is -0.310 e. The zero-order valence-corrected chi connectivity index (χ0v) is 38.0. The average molecular weight is 838 g/mol. The van der Waals surface area contributed by atoms with Gasteiger partial charge in [-0.1, -0.05) is 193 Å². The molecule has 9 aromatic rings. The van der Waals surface area contributed by atoms with E-state index in [0.717, 1.165) is 5.69 Å². The molecule has 0 atom stereocenters. The number of hydrogen-bond acceptors (Lipinski definition) is 1. The van der Waals surface area contributed by atoms with E-state index in [1.165, 1.54) is 138 Å². The molecule has 1 heteroatoms. The number of rotatable bonds is 7. The Balaban J connectivity index is 0.943. The molecule has 0 spiro atoms. The molecule has 12 rings (SSSR count). The first-order chi connectivity index (χ1) is 31.7. The molecule has 9 aromatic carbocycles. The maximum atomic E-state index is 2.48. The molecule has 0 saturated heterocycles. The fourth-order valence-electron chi connectivity index (χ4n) is 12.0. The van der Waals surface area contributed by atoms with Crippen molar-refractivity contribution in [2.75, 3.05) is 4.90 Å². The minimum atomic E-state index is -0.162. The van der Waals surface area contributed by atoms with E-state index < -0.39 is 0 Å². The van der Waals surface area contributed by atoms with Crippen molar-refractivity contribution in [2.24, 2.45) is 0 Å². The summed E-state index contributed by atoms with van der Waals surface area (Å²) in [5.41, 5.74) is 23.3. The van der Waals surface area contributed by atoms with Crippen LogP contribution in [0.2, 0.25) is 0 Å². The monoisotopic (exact) mass is 837 g/mol. The maximum Gasteiger partial charge on any atom is 0.0465 e. The van der Waals surface area contributed by atoms with Gasteiger partial charge in [0.1, 0.15) is 0 Å². The highest BCUT2D eigenvalue weighted by Crippen LogP contribution is 2.53. The van der Waals surface area contributed by atoms with Crippen molar-refractivity contribution in [3.05, 3.63) is 222 Å². The lowest BCUT2D eigenvalue weighted by Crippen LogP contribution is -2.16. The first-order valence-corrected chi connectivity index (χ1v) is 23.9. The Hall–Kier alpha value is -6.96. The summed E-state index contributed by atoms with van der Waals surface area (Å²) in [6.07, 6.45) is 6.63. The molecular formula is C64H55N. The molecule has 0 heterocycles. The molecule has 65 heavy (non-hydrogen) atoms. The second-order valence-corrected chi connectivity index (χ2v) is 19.9. The van der Waals surface area contributed by atoms with Gasteiger partial charge in [0, 0.05) is 27.9 Å². The van der Waals surface area contributed by atoms with Gasteiger partial charge in [-0.15, -0.1) is 0 Å². The predicted molar refractivity (Wildman–Crippen MR) is 276 cm³/mol. The Kier molecular flexibility index (Phi) is 9.35. The number of hydrogen-bond donors (Lipinski definition) is 0. The van der Waals surface area contributed by atoms with Crippen molar-refractivity contribution in [2.45, 2.75) is 76.5 Å². The lowest BCUT2D eigenvalue weighted by Gasteiger charge is -2.29. The van der Waals surface area contributed by atoms with Gasteiger partial charge in [-0.05, 0) is 162 Å². The maximum absolute atomic E-state index is 2.48. The lowest BCUT2D eigenvalue weighted by molar-refractivity contribution is 0.443. The summed E-state index contributed by atoms with van der Waals surface area (Å²) in [6, 6.07) is 73.5. The van der Waals surface area contributed by atoms with E-state index in [1.807, 2.05) is 0 Å². The summed E-state index contributed by atoms with van der Waals surface area (Å²) >= 11 is 0. The molecule has 1 fully saturated rings. The quantitative estimate of drug-likeness (QED) is 0.155. The fourth-order valence-corrected chi connectivity index (χ4v) is 12.0. The van der Waals surface area contributed by atoms with E-state index in [4.69, 9.17) is 0 Å². The second-order valence-electron chi connectivity index (χ2n) is 19.9. The van der Waals surface area contributed by atoms with E-state index in [9.17, 15) is 0 Å². The zero-order chi connectivity index (χ0) is 43.9. The third kappa shape index (κ3) is 6.50. The van der Waals surface area contributed by atoms with E-state index in [-0.39, 0.29) is 10.8 Å². The molecule has 3 aliphatic carbocycles. The molecule has 0 amide bonds. The van der Waals surface area contributed by atoms with E-state index in [2.05, 4.69) is 227 Å². The van der Waals surface area contributed by atoms with Gasteiger partial charge in [0.15, 0.2) is 0 Å². The van der Waals surface area contributed by atoms with Crippen LogP contribution < -0.4 is 4.90 Å². The van der Waals surface area contributed by atoms with Crippen LogP contribution in [-0.2, 0) is 10.8 Å². The molecular weight excluding hydrogens is 783 g/mol. The largest absolute Gasteiger partial charge is 0.310 e. The van der Waals surface area contributed by atoms with Gasteiger partial charge in [-0.3, -0.25) is 0 Å². The van der Waals surface area contributed by atoms with Crippen molar-refractivity contribution in [1.82, 2.24) is 0 Å². The van der Waals surface area contributed by atoms with Crippen LogP contribution in [0, 0.1) is 0 Å². The average Bonchev–Trinajstić information content (AvgIpc) is 3.73. The van der Waals surface area contributed by atoms with Crippen LogP contribution in [0.1, 0.15) is 93.5 Å². The lowest BCUT2D eigenvalue weighted by atomic mass is 9.81. The topological polar surface area (TPSA) is 3.24 Å². The van der Waals surface area contributed by atoms with E-state index >= 15 is 0 Å². The van der Waals surface area contributed by atoms with Crippen molar-refractivity contribution in [3.63, 3.8) is 0 Å². The highest BCUT2D eigenvalue weighted by Gasteiger charge is 2.38. The number of anilines is 3. The summed E-state index contributed by atoms with van der Waals surface area (Å²) in [5.74, 6) is 0.662. The van der Waals surface area contributed by atoms with Gasteiger partial charge >= 0.3 is 0 Å². The molecule has 0 N–H and O–H groups in total. The predicted octanol–water partition coefficient (Wildman–Crippen LogP) is 18.0. The molecule has 0 aromatic heterocycles. The Labute approximate surface area is 385 Å². The standard InChI is InChI=1S/C64H55N/c1-63(2)58-22-14-13-21-54(58)56-39-47(28-37-59(56)63)48-29-38-60-57(40-48)55-36-34-51(41-61(55)64(60,3)4)65(49-30-23-43(24-31-49)42-15-7-5-8-16-42)50-32-25-45(26-33-50)53-35-27-44-17-11-12-20-52(44)62(53)46-18-9-6-10-19-46/h6,9-14,17-42H,5,7-8,15-16H2,1-4H3. The van der Waals surface area contributed by atoms with Crippen LogP contribution in [0.5, 0.6) is 0 Å². The normalized spacial score (nSPS) is 15.6. The molecule has 1 saturated carbocycles. The van der Waals surface area contributed by atoms with Gasteiger partial charge in [0.2, 0.25) is 0 Å². The van der Waals surface area contributed by atoms with Gasteiger partial charge in [-0.2, -0.15) is 0 Å². The third-order valence-corrected chi connectivity index (χ3v) is 15.5. The number of benzene rings is 9. The van der Waals surface area contributed by atoms with Crippen LogP contribution in [0.25, 0.3) is 66.4 Å². The Morgan fingerprint density at radius 2 is 0.908 bits per heavy atom. The Morgan fingerprint density at radius 3 is 1.62 bits per heavy atom. The van der Waals surface area contributed by atoms with Gasteiger partial charge in [-0.25, -0.2) is 0 Å². The summed E-state index contributed by atoms with van der Waals surface area (Å²) < 4.78 is 0. The molecule has 0 aliphatic heterocycles. The highest BCUT2D eigenvalue weighted by molar-refractivity contribution is 6.04. The molecule has 0 bridgehead atoms.